The van der Waals surface area contributed by atoms with E-state index in [0.717, 1.165) is 17.5 Å². The van der Waals surface area contributed by atoms with Crippen LogP contribution in [0.25, 0.3) is 10.8 Å². The number of nitrogens with one attached hydrogen (secondary N) is 1. The maximum Gasteiger partial charge on any atom is 0.326 e. The van der Waals surface area contributed by atoms with E-state index in [2.05, 4.69) is 5.10 Å². The monoisotopic (exact) mass is 345 g/mol. The summed E-state index contributed by atoms with van der Waals surface area (Å²) in [6, 6.07) is 5.66. The van der Waals surface area contributed by atoms with Crippen LogP contribution in [-0.2, 0) is 16.1 Å². The number of hydrogen-bond donors (Lipinski definition) is 2. The lowest BCUT2D eigenvalue weighted by atomic mass is 10.0. The zero-order chi connectivity index (χ0) is 18.0. The molecule has 1 aliphatic heterocycles. The van der Waals surface area contributed by atoms with Crippen LogP contribution in [0.2, 0.25) is 0 Å². The van der Waals surface area contributed by atoms with Crippen LogP contribution in [0.3, 0.4) is 0 Å². The average Bonchev–Trinajstić information content (AvgIpc) is 2.63. The van der Waals surface area contributed by atoms with Crippen molar-refractivity contribution >= 4 is 22.6 Å². The predicted octanol–water partition coefficient (Wildman–Crippen LogP) is 0.546. The van der Waals surface area contributed by atoms with Crippen LogP contribution in [0.1, 0.15) is 25.7 Å². The third-order valence-corrected chi connectivity index (χ3v) is 4.54. The number of piperidine rings is 1. The molecule has 1 atom stereocenters. The van der Waals surface area contributed by atoms with Crippen LogP contribution in [0.15, 0.2) is 33.9 Å². The number of aromatic nitrogens is 2. The van der Waals surface area contributed by atoms with Crippen LogP contribution in [0, 0.1) is 0 Å². The summed E-state index contributed by atoms with van der Waals surface area (Å²) in [5.41, 5.74) is -0.777. The number of H-pyrrole nitrogens is 1. The van der Waals surface area contributed by atoms with Gasteiger partial charge in [0.25, 0.3) is 11.1 Å². The Morgan fingerprint density at radius 2 is 1.88 bits per heavy atom. The summed E-state index contributed by atoms with van der Waals surface area (Å²) in [5.74, 6) is -1.34. The SMILES string of the molecule is O=C(O)C1CCCCN1C(=O)CCn1[nH]c(=O)c2ccccc2c1=O. The number of aryl methyl sites for hydroxylation is 1. The first-order valence-electron chi connectivity index (χ1n) is 8.23. The molecule has 1 amide bonds. The second-order valence-corrected chi connectivity index (χ2v) is 6.13. The fourth-order valence-corrected chi connectivity index (χ4v) is 3.24. The number of rotatable bonds is 4. The summed E-state index contributed by atoms with van der Waals surface area (Å²) in [6.45, 7) is 0.402. The maximum absolute atomic E-state index is 12.4. The Morgan fingerprint density at radius 1 is 1.16 bits per heavy atom. The zero-order valence-corrected chi connectivity index (χ0v) is 13.6. The van der Waals surface area contributed by atoms with Gasteiger partial charge in [0.2, 0.25) is 5.91 Å². The molecule has 8 heteroatoms. The van der Waals surface area contributed by atoms with Gasteiger partial charge in [-0.1, -0.05) is 12.1 Å². The third kappa shape index (κ3) is 3.33. The summed E-state index contributed by atoms with van der Waals surface area (Å²) >= 11 is 0. The quantitative estimate of drug-likeness (QED) is 0.840. The van der Waals surface area contributed by atoms with Crippen LogP contribution >= 0.6 is 0 Å². The molecule has 0 bridgehead atoms. The van der Waals surface area contributed by atoms with E-state index in [1.165, 1.54) is 4.90 Å². The van der Waals surface area contributed by atoms with Crippen molar-refractivity contribution in [2.45, 2.75) is 38.3 Å². The molecular formula is C17H19N3O5. The molecule has 1 saturated heterocycles. The summed E-state index contributed by atoms with van der Waals surface area (Å²) < 4.78 is 1.11. The molecule has 1 aromatic carbocycles. The summed E-state index contributed by atoms with van der Waals surface area (Å²) in [5, 5.41) is 12.3. The van der Waals surface area contributed by atoms with E-state index in [0.29, 0.717) is 23.7 Å². The van der Waals surface area contributed by atoms with E-state index in [9.17, 15) is 24.3 Å². The van der Waals surface area contributed by atoms with Gasteiger partial charge in [0.15, 0.2) is 0 Å². The first-order valence-corrected chi connectivity index (χ1v) is 8.23. The van der Waals surface area contributed by atoms with Gasteiger partial charge in [-0.25, -0.2) is 9.48 Å². The molecule has 8 nitrogen and oxygen atoms in total. The number of carbonyl (C=O) groups is 2. The number of carboxylic acids is 1. The molecule has 25 heavy (non-hydrogen) atoms. The van der Waals surface area contributed by atoms with Crippen molar-refractivity contribution in [3.63, 3.8) is 0 Å². The van der Waals surface area contributed by atoms with E-state index >= 15 is 0 Å². The van der Waals surface area contributed by atoms with Gasteiger partial charge in [-0.2, -0.15) is 0 Å². The van der Waals surface area contributed by atoms with Gasteiger partial charge in [0.05, 0.1) is 17.3 Å². The van der Waals surface area contributed by atoms with E-state index in [4.69, 9.17) is 0 Å². The number of hydrogen-bond acceptors (Lipinski definition) is 4. The minimum Gasteiger partial charge on any atom is -0.480 e. The zero-order valence-electron chi connectivity index (χ0n) is 13.6. The van der Waals surface area contributed by atoms with Crippen molar-refractivity contribution in [1.29, 1.82) is 0 Å². The molecule has 2 aromatic rings. The van der Waals surface area contributed by atoms with Gasteiger partial charge in [0, 0.05) is 13.0 Å². The standard InChI is InChI=1S/C17H19N3O5/c21-14(19-9-4-3-7-13(19)17(24)25)8-10-20-16(23)12-6-2-1-5-11(12)15(22)18-20/h1-2,5-6,13H,3-4,7-10H2,(H,18,22)(H,24,25). The number of carbonyl (C=O) groups excluding carboxylic acids is 1. The second kappa shape index (κ2) is 6.92. The molecule has 2 heterocycles. The van der Waals surface area contributed by atoms with Gasteiger partial charge in [-0.3, -0.25) is 19.5 Å². The van der Waals surface area contributed by atoms with Crippen LogP contribution in [0.5, 0.6) is 0 Å². The topological polar surface area (TPSA) is 112 Å². The molecule has 0 spiro atoms. The molecule has 3 rings (SSSR count). The molecule has 132 valence electrons. The highest BCUT2D eigenvalue weighted by Crippen LogP contribution is 2.18. The third-order valence-electron chi connectivity index (χ3n) is 4.54. The fraction of sp³-hybridized carbons (Fsp3) is 0.412. The fourth-order valence-electron chi connectivity index (χ4n) is 3.24. The van der Waals surface area contributed by atoms with E-state index in [-0.39, 0.29) is 24.4 Å². The number of fused-ring (bicyclic) bond motifs is 1. The number of benzene rings is 1. The van der Waals surface area contributed by atoms with E-state index in [1.54, 1.807) is 24.3 Å². The normalized spacial score (nSPS) is 17.6. The lowest BCUT2D eigenvalue weighted by molar-refractivity contribution is -0.152. The first kappa shape index (κ1) is 16.9. The van der Waals surface area contributed by atoms with Crippen molar-refractivity contribution in [2.24, 2.45) is 0 Å². The molecular weight excluding hydrogens is 326 g/mol. The Hall–Kier alpha value is -2.90. The molecule has 0 aliphatic carbocycles. The molecule has 1 aromatic heterocycles. The van der Waals surface area contributed by atoms with Gasteiger partial charge >= 0.3 is 5.97 Å². The summed E-state index contributed by atoms with van der Waals surface area (Å²) in [4.78, 5) is 49.5. The van der Waals surface area contributed by atoms with Crippen LogP contribution in [-0.4, -0.2) is 44.3 Å². The van der Waals surface area contributed by atoms with Crippen LogP contribution in [0.4, 0.5) is 0 Å². The second-order valence-electron chi connectivity index (χ2n) is 6.13. The van der Waals surface area contributed by atoms with Gasteiger partial charge < -0.3 is 10.0 Å². The van der Waals surface area contributed by atoms with Crippen molar-refractivity contribution in [3.05, 3.63) is 45.0 Å². The smallest absolute Gasteiger partial charge is 0.326 e. The molecule has 1 unspecified atom stereocenters. The van der Waals surface area contributed by atoms with Crippen molar-refractivity contribution in [2.75, 3.05) is 6.54 Å². The average molecular weight is 345 g/mol. The number of aliphatic carboxylic acids is 1. The predicted molar refractivity (Wildman–Crippen MR) is 90.4 cm³/mol. The van der Waals surface area contributed by atoms with E-state index < -0.39 is 17.6 Å². The number of amides is 1. The van der Waals surface area contributed by atoms with Crippen molar-refractivity contribution < 1.29 is 14.7 Å². The summed E-state index contributed by atoms with van der Waals surface area (Å²) in [7, 11) is 0. The highest BCUT2D eigenvalue weighted by Gasteiger charge is 2.31. The van der Waals surface area contributed by atoms with Crippen molar-refractivity contribution in [1.82, 2.24) is 14.7 Å². The lowest BCUT2D eigenvalue weighted by Crippen LogP contribution is -2.48. The van der Waals surface area contributed by atoms with Crippen molar-refractivity contribution in [3.8, 4) is 0 Å². The van der Waals surface area contributed by atoms with Gasteiger partial charge in [-0.05, 0) is 31.4 Å². The highest BCUT2D eigenvalue weighted by molar-refractivity contribution is 5.84. The number of likely N-dealkylation sites (tertiary alicyclic amines) is 1. The minimum absolute atomic E-state index is 0.000575. The highest BCUT2D eigenvalue weighted by atomic mass is 16.4. The Kier molecular flexibility index (Phi) is 4.69. The maximum atomic E-state index is 12.4. The lowest BCUT2D eigenvalue weighted by Gasteiger charge is -2.33. The summed E-state index contributed by atoms with van der Waals surface area (Å²) in [6.07, 6.45) is 1.94. The first-order chi connectivity index (χ1) is 12.0. The van der Waals surface area contributed by atoms with E-state index in [1.807, 2.05) is 0 Å². The number of nitrogens with zero attached hydrogens (tertiary/aromatic N) is 2. The largest absolute Gasteiger partial charge is 0.480 e. The molecule has 2 N–H and O–H groups in total. The Morgan fingerprint density at radius 3 is 2.60 bits per heavy atom. The Balaban J connectivity index is 1.79. The number of aromatic amines is 1. The van der Waals surface area contributed by atoms with Crippen LogP contribution < -0.4 is 11.1 Å². The molecule has 0 radical (unpaired) electrons. The molecule has 1 fully saturated rings. The Bertz CT molecular complexity index is 930. The molecule has 0 saturated carbocycles. The molecule has 1 aliphatic rings. The Labute approximate surface area is 142 Å². The van der Waals surface area contributed by atoms with Gasteiger partial charge in [-0.15, -0.1) is 0 Å². The number of carboxylic acid groups (broad SMARTS) is 1. The minimum atomic E-state index is -1.01. The van der Waals surface area contributed by atoms with Gasteiger partial charge in [0.1, 0.15) is 6.04 Å².